The average molecular weight is 752 g/mol. The highest BCUT2D eigenvalue weighted by Crippen LogP contribution is 2.40. The first-order valence-corrected chi connectivity index (χ1v) is 20.2. The predicted octanol–water partition coefficient (Wildman–Crippen LogP) is 16.3. The van der Waals surface area contributed by atoms with Gasteiger partial charge in [0.05, 0.1) is 0 Å². The van der Waals surface area contributed by atoms with Gasteiger partial charge in [0.2, 0.25) is 0 Å². The van der Waals surface area contributed by atoms with Crippen LogP contribution in [0.25, 0.3) is 77.5 Å². The molecule has 0 aromatic heterocycles. The van der Waals surface area contributed by atoms with E-state index in [0.29, 0.717) is 0 Å². The lowest BCUT2D eigenvalue weighted by Crippen LogP contribution is -2.10. The second kappa shape index (κ2) is 16.0. The molecule has 0 amide bonds. The number of anilines is 3. The van der Waals surface area contributed by atoms with E-state index >= 15 is 0 Å². The van der Waals surface area contributed by atoms with E-state index in [-0.39, 0.29) is 0 Å². The van der Waals surface area contributed by atoms with E-state index in [2.05, 4.69) is 254 Å². The Morgan fingerprint density at radius 2 is 0.559 bits per heavy atom. The molecule has 0 unspecified atom stereocenters. The Kier molecular flexibility index (Phi) is 9.68. The SMILES string of the molecule is c1ccc(-c2cccc(-c3ccc(N(c4cccc(-c5cccc(-c6ccccc6)c5)c4)c4cccc(-c5cccc(-c6cccc7ccccc67)c5)c4)cc3)c2)cc1. The molecule has 0 N–H and O–H groups in total. The van der Waals surface area contributed by atoms with Gasteiger partial charge < -0.3 is 4.90 Å². The Morgan fingerprint density at radius 1 is 0.203 bits per heavy atom. The summed E-state index contributed by atoms with van der Waals surface area (Å²) in [5.74, 6) is 0. The molecule has 0 aliphatic heterocycles. The van der Waals surface area contributed by atoms with Crippen molar-refractivity contribution >= 4 is 27.8 Å². The minimum absolute atomic E-state index is 1.09. The van der Waals surface area contributed by atoms with Crippen LogP contribution in [0.3, 0.4) is 0 Å². The predicted molar refractivity (Wildman–Crippen MR) is 251 cm³/mol. The van der Waals surface area contributed by atoms with E-state index in [9.17, 15) is 0 Å². The molecule has 0 fully saturated rings. The highest BCUT2D eigenvalue weighted by Gasteiger charge is 2.16. The second-order valence-electron chi connectivity index (χ2n) is 15.0. The maximum Gasteiger partial charge on any atom is 0.0467 e. The van der Waals surface area contributed by atoms with Crippen LogP contribution in [0.1, 0.15) is 0 Å². The third-order valence-corrected chi connectivity index (χ3v) is 11.2. The highest BCUT2D eigenvalue weighted by molar-refractivity contribution is 5.97. The maximum absolute atomic E-state index is 2.38. The molecule has 0 radical (unpaired) electrons. The van der Waals surface area contributed by atoms with Crippen molar-refractivity contribution in [3.63, 3.8) is 0 Å². The first kappa shape index (κ1) is 35.7. The summed E-state index contributed by atoms with van der Waals surface area (Å²) < 4.78 is 0. The van der Waals surface area contributed by atoms with Crippen LogP contribution in [0.2, 0.25) is 0 Å². The van der Waals surface area contributed by atoms with Gasteiger partial charge in [-0.2, -0.15) is 0 Å². The molecule has 0 heterocycles. The summed E-state index contributed by atoms with van der Waals surface area (Å²) in [7, 11) is 0. The number of hydrogen-bond donors (Lipinski definition) is 0. The normalized spacial score (nSPS) is 11.1. The molecule has 1 nitrogen and oxygen atoms in total. The molecule has 0 saturated carbocycles. The Labute approximate surface area is 346 Å². The van der Waals surface area contributed by atoms with Gasteiger partial charge in [-0.15, -0.1) is 0 Å². The van der Waals surface area contributed by atoms with Crippen LogP contribution in [-0.2, 0) is 0 Å². The molecule has 0 bridgehead atoms. The van der Waals surface area contributed by atoms with Gasteiger partial charge >= 0.3 is 0 Å². The number of benzene rings is 10. The van der Waals surface area contributed by atoms with Gasteiger partial charge in [0.1, 0.15) is 0 Å². The van der Waals surface area contributed by atoms with Crippen LogP contribution in [0.5, 0.6) is 0 Å². The smallest absolute Gasteiger partial charge is 0.0467 e. The quantitative estimate of drug-likeness (QED) is 0.142. The molecular weight excluding hydrogens is 711 g/mol. The topological polar surface area (TPSA) is 3.24 Å². The molecule has 59 heavy (non-hydrogen) atoms. The number of rotatable bonds is 9. The van der Waals surface area contributed by atoms with E-state index in [1.807, 2.05) is 0 Å². The van der Waals surface area contributed by atoms with Crippen molar-refractivity contribution in [2.75, 3.05) is 4.90 Å². The average Bonchev–Trinajstić information content (AvgIpc) is 3.32. The van der Waals surface area contributed by atoms with Gasteiger partial charge in [-0.1, -0.05) is 194 Å². The van der Waals surface area contributed by atoms with Gasteiger partial charge in [-0.25, -0.2) is 0 Å². The van der Waals surface area contributed by atoms with E-state index < -0.39 is 0 Å². The summed E-state index contributed by atoms with van der Waals surface area (Å²) in [4.78, 5) is 2.38. The fraction of sp³-hybridized carbons (Fsp3) is 0. The molecule has 278 valence electrons. The van der Waals surface area contributed by atoms with Crippen molar-refractivity contribution in [1.82, 2.24) is 0 Å². The van der Waals surface area contributed by atoms with E-state index in [4.69, 9.17) is 0 Å². The van der Waals surface area contributed by atoms with Crippen molar-refractivity contribution in [2.45, 2.75) is 0 Å². The Hall–Kier alpha value is -7.74. The summed E-state index contributed by atoms with van der Waals surface area (Å²) in [6.45, 7) is 0. The summed E-state index contributed by atoms with van der Waals surface area (Å²) in [6, 6.07) is 89.8. The summed E-state index contributed by atoms with van der Waals surface area (Å²) >= 11 is 0. The van der Waals surface area contributed by atoms with Crippen LogP contribution in [0, 0.1) is 0 Å². The van der Waals surface area contributed by atoms with Crippen LogP contribution >= 0.6 is 0 Å². The van der Waals surface area contributed by atoms with E-state index in [0.717, 1.165) is 22.6 Å². The standard InChI is InChI=1S/C58H41N/c1-3-15-42(16-4-1)46-21-9-23-48(37-46)44-33-35-54(36-34-44)59(55-29-12-26-51(40-55)49-24-10-22-47(38-49)43-17-5-2-6-18-43)56-30-13-27-52(41-56)50-25-11-28-53(39-50)58-32-14-20-45-19-7-8-31-57(45)58/h1-41H. The number of fused-ring (bicyclic) bond motifs is 1. The minimum Gasteiger partial charge on any atom is -0.310 e. The van der Waals surface area contributed by atoms with Crippen LogP contribution in [0.4, 0.5) is 17.1 Å². The maximum atomic E-state index is 2.38. The van der Waals surface area contributed by atoms with Crippen LogP contribution in [0.15, 0.2) is 249 Å². The minimum atomic E-state index is 1.09. The summed E-state index contributed by atoms with van der Waals surface area (Å²) in [5.41, 5.74) is 17.6. The van der Waals surface area contributed by atoms with Gasteiger partial charge in [0.25, 0.3) is 0 Å². The van der Waals surface area contributed by atoms with E-state index in [1.54, 1.807) is 0 Å². The molecule has 1 heteroatoms. The Bertz CT molecular complexity index is 3030. The molecular formula is C58H41N. The Balaban J connectivity index is 1.06. The molecule has 0 spiro atoms. The third-order valence-electron chi connectivity index (χ3n) is 11.2. The fourth-order valence-electron chi connectivity index (χ4n) is 8.26. The largest absolute Gasteiger partial charge is 0.310 e. The molecule has 0 saturated heterocycles. The molecule has 10 aromatic rings. The van der Waals surface area contributed by atoms with Crippen molar-refractivity contribution in [3.05, 3.63) is 249 Å². The lowest BCUT2D eigenvalue weighted by Gasteiger charge is -2.27. The lowest BCUT2D eigenvalue weighted by molar-refractivity contribution is 1.28. The fourth-order valence-corrected chi connectivity index (χ4v) is 8.26. The van der Waals surface area contributed by atoms with Crippen molar-refractivity contribution in [1.29, 1.82) is 0 Å². The summed E-state index contributed by atoms with van der Waals surface area (Å²) in [6.07, 6.45) is 0. The zero-order valence-corrected chi connectivity index (χ0v) is 32.6. The number of nitrogens with zero attached hydrogens (tertiary/aromatic N) is 1. The van der Waals surface area contributed by atoms with Crippen molar-refractivity contribution in [3.8, 4) is 66.8 Å². The van der Waals surface area contributed by atoms with Gasteiger partial charge in [0.15, 0.2) is 0 Å². The number of hydrogen-bond acceptors (Lipinski definition) is 1. The van der Waals surface area contributed by atoms with Crippen LogP contribution < -0.4 is 4.90 Å². The molecule has 10 rings (SSSR count). The first-order valence-electron chi connectivity index (χ1n) is 20.2. The first-order chi connectivity index (χ1) is 29.2. The molecule has 0 atom stereocenters. The van der Waals surface area contributed by atoms with Gasteiger partial charge in [-0.3, -0.25) is 0 Å². The van der Waals surface area contributed by atoms with Crippen molar-refractivity contribution < 1.29 is 0 Å². The summed E-state index contributed by atoms with van der Waals surface area (Å²) in [5, 5.41) is 2.51. The van der Waals surface area contributed by atoms with Gasteiger partial charge in [-0.05, 0) is 132 Å². The monoisotopic (exact) mass is 751 g/mol. The zero-order valence-electron chi connectivity index (χ0n) is 32.6. The van der Waals surface area contributed by atoms with Gasteiger partial charge in [0, 0.05) is 17.1 Å². The lowest BCUT2D eigenvalue weighted by atomic mass is 9.95. The highest BCUT2D eigenvalue weighted by atomic mass is 15.1. The Morgan fingerprint density at radius 3 is 1.10 bits per heavy atom. The van der Waals surface area contributed by atoms with Crippen molar-refractivity contribution in [2.24, 2.45) is 0 Å². The zero-order chi connectivity index (χ0) is 39.4. The molecule has 10 aromatic carbocycles. The second-order valence-corrected chi connectivity index (χ2v) is 15.0. The third kappa shape index (κ3) is 7.46. The molecule has 0 aliphatic rings. The van der Waals surface area contributed by atoms with Crippen LogP contribution in [-0.4, -0.2) is 0 Å². The molecule has 0 aliphatic carbocycles. The van der Waals surface area contributed by atoms with E-state index in [1.165, 1.54) is 72.0 Å².